The Kier molecular flexibility index (Phi) is 3.89. The molecule has 0 saturated carbocycles. The lowest BCUT2D eigenvalue weighted by atomic mass is 10.1. The molecule has 100 valence electrons. The molecule has 0 amide bonds. The Bertz CT molecular complexity index is 761. The number of halogens is 1. The number of nitrogens with zero attached hydrogens (tertiary/aromatic N) is 2. The maximum atomic E-state index is 4.46. The van der Waals surface area contributed by atoms with Crippen LogP contribution in [0, 0.1) is 0 Å². The van der Waals surface area contributed by atoms with E-state index >= 15 is 0 Å². The van der Waals surface area contributed by atoms with Crippen LogP contribution in [0.25, 0.3) is 10.8 Å². The first-order valence-corrected chi connectivity index (χ1v) is 7.74. The third kappa shape index (κ3) is 2.78. The van der Waals surface area contributed by atoms with Gasteiger partial charge in [0.2, 0.25) is 5.95 Å². The molecule has 0 aliphatic rings. The van der Waals surface area contributed by atoms with Crippen molar-refractivity contribution < 1.29 is 0 Å². The molecule has 5 heteroatoms. The maximum Gasteiger partial charge on any atom is 0.223 e. The second-order valence-corrected chi connectivity index (χ2v) is 6.12. The quantitative estimate of drug-likeness (QED) is 0.704. The van der Waals surface area contributed by atoms with Crippen molar-refractivity contribution in [1.82, 2.24) is 9.97 Å². The largest absolute Gasteiger partial charge is 0.357 e. The van der Waals surface area contributed by atoms with Crippen LogP contribution in [0.4, 0.5) is 5.95 Å². The minimum atomic E-state index is 0.622. The van der Waals surface area contributed by atoms with E-state index < -0.39 is 0 Å². The van der Waals surface area contributed by atoms with Crippen molar-refractivity contribution in [3.8, 4) is 0 Å². The number of hydrogen-bond donors (Lipinski definition) is 1. The molecule has 1 N–H and O–H groups in total. The monoisotopic (exact) mass is 345 g/mol. The molecular formula is C15H12BrN3S. The molecule has 0 aliphatic carbocycles. The molecule has 20 heavy (non-hydrogen) atoms. The Hall–Kier alpha value is -1.59. The molecule has 0 atom stereocenters. The van der Waals surface area contributed by atoms with Gasteiger partial charge in [0.25, 0.3) is 0 Å². The number of benzene rings is 2. The van der Waals surface area contributed by atoms with Crippen molar-refractivity contribution in [2.24, 2.45) is 0 Å². The summed E-state index contributed by atoms with van der Waals surface area (Å²) in [5.74, 6) is 0.622. The number of anilines is 1. The Morgan fingerprint density at radius 2 is 1.90 bits per heavy atom. The zero-order valence-electron chi connectivity index (χ0n) is 10.8. The van der Waals surface area contributed by atoms with Gasteiger partial charge in [-0.05, 0) is 38.8 Å². The second-order valence-electron chi connectivity index (χ2n) is 4.21. The van der Waals surface area contributed by atoms with Gasteiger partial charge in [0.1, 0.15) is 5.03 Å². The van der Waals surface area contributed by atoms with Crippen LogP contribution >= 0.6 is 27.7 Å². The normalized spacial score (nSPS) is 10.7. The zero-order chi connectivity index (χ0) is 13.9. The highest BCUT2D eigenvalue weighted by Gasteiger charge is 2.07. The molecule has 0 spiro atoms. The Labute approximate surface area is 130 Å². The fraction of sp³-hybridized carbons (Fsp3) is 0.0667. The first kappa shape index (κ1) is 13.4. The van der Waals surface area contributed by atoms with Crippen molar-refractivity contribution in [2.45, 2.75) is 9.92 Å². The minimum Gasteiger partial charge on any atom is -0.357 e. The molecule has 1 heterocycles. The van der Waals surface area contributed by atoms with Crippen molar-refractivity contribution in [3.63, 3.8) is 0 Å². The van der Waals surface area contributed by atoms with Crippen LogP contribution in [0.5, 0.6) is 0 Å². The third-order valence-electron chi connectivity index (χ3n) is 2.87. The van der Waals surface area contributed by atoms with Gasteiger partial charge in [-0.25, -0.2) is 9.97 Å². The van der Waals surface area contributed by atoms with E-state index in [9.17, 15) is 0 Å². The van der Waals surface area contributed by atoms with Gasteiger partial charge in [-0.1, -0.05) is 42.1 Å². The number of aromatic nitrogens is 2. The third-order valence-corrected chi connectivity index (χ3v) is 4.71. The predicted octanol–water partition coefficient (Wildman–Crippen LogP) is 4.59. The molecule has 1 aromatic heterocycles. The molecular weight excluding hydrogens is 334 g/mol. The van der Waals surface area contributed by atoms with Gasteiger partial charge in [-0.15, -0.1) is 0 Å². The van der Waals surface area contributed by atoms with E-state index in [1.165, 1.54) is 10.8 Å². The summed E-state index contributed by atoms with van der Waals surface area (Å²) < 4.78 is 0.898. The molecule has 2 aromatic carbocycles. The molecule has 0 aliphatic heterocycles. The van der Waals surface area contributed by atoms with Crippen LogP contribution in [-0.4, -0.2) is 17.0 Å². The SMILES string of the molecule is CNc1ncc(Br)c(Sc2ccc3ccccc3c2)n1. The van der Waals surface area contributed by atoms with E-state index in [0.717, 1.165) is 14.4 Å². The van der Waals surface area contributed by atoms with E-state index in [-0.39, 0.29) is 0 Å². The zero-order valence-corrected chi connectivity index (χ0v) is 13.2. The summed E-state index contributed by atoms with van der Waals surface area (Å²) in [6.45, 7) is 0. The smallest absolute Gasteiger partial charge is 0.223 e. The molecule has 3 rings (SSSR count). The van der Waals surface area contributed by atoms with Gasteiger partial charge >= 0.3 is 0 Å². The summed E-state index contributed by atoms with van der Waals surface area (Å²) in [4.78, 5) is 9.78. The lowest BCUT2D eigenvalue weighted by Crippen LogP contribution is -1.97. The average molecular weight is 346 g/mol. The molecule has 0 radical (unpaired) electrons. The van der Waals surface area contributed by atoms with Crippen molar-refractivity contribution >= 4 is 44.4 Å². The molecule has 3 nitrogen and oxygen atoms in total. The summed E-state index contributed by atoms with van der Waals surface area (Å²) >= 11 is 5.11. The average Bonchev–Trinajstić information content (AvgIpc) is 2.49. The van der Waals surface area contributed by atoms with E-state index in [4.69, 9.17) is 0 Å². The van der Waals surface area contributed by atoms with Crippen LogP contribution < -0.4 is 5.32 Å². The maximum absolute atomic E-state index is 4.46. The van der Waals surface area contributed by atoms with Crippen molar-refractivity contribution in [1.29, 1.82) is 0 Å². The summed E-state index contributed by atoms with van der Waals surface area (Å²) in [6, 6.07) is 14.8. The van der Waals surface area contributed by atoms with Crippen LogP contribution in [0.3, 0.4) is 0 Å². The van der Waals surface area contributed by atoms with Crippen LogP contribution in [0.15, 0.2) is 63.1 Å². The van der Waals surface area contributed by atoms with Gasteiger partial charge in [-0.2, -0.15) is 0 Å². The van der Waals surface area contributed by atoms with Gasteiger partial charge in [0.05, 0.1) is 4.47 Å². The Morgan fingerprint density at radius 1 is 1.10 bits per heavy atom. The van der Waals surface area contributed by atoms with Gasteiger partial charge < -0.3 is 5.32 Å². The summed E-state index contributed by atoms with van der Waals surface area (Å²) in [7, 11) is 1.81. The molecule has 0 bridgehead atoms. The van der Waals surface area contributed by atoms with Crippen molar-refractivity contribution in [3.05, 3.63) is 53.1 Å². The minimum absolute atomic E-state index is 0.622. The van der Waals surface area contributed by atoms with Gasteiger partial charge in [0.15, 0.2) is 0 Å². The van der Waals surface area contributed by atoms with Crippen LogP contribution in [-0.2, 0) is 0 Å². The highest BCUT2D eigenvalue weighted by atomic mass is 79.9. The highest BCUT2D eigenvalue weighted by molar-refractivity contribution is 9.10. The van der Waals surface area contributed by atoms with E-state index in [0.29, 0.717) is 5.95 Å². The predicted molar refractivity (Wildman–Crippen MR) is 87.3 cm³/mol. The molecule has 3 aromatic rings. The molecule has 0 saturated heterocycles. The fourth-order valence-corrected chi connectivity index (χ4v) is 3.15. The molecule has 0 unspecified atom stereocenters. The van der Waals surface area contributed by atoms with E-state index in [1.54, 1.807) is 18.0 Å². The fourth-order valence-electron chi connectivity index (χ4n) is 1.89. The number of fused-ring (bicyclic) bond motifs is 1. The van der Waals surface area contributed by atoms with Crippen LogP contribution in [0.2, 0.25) is 0 Å². The van der Waals surface area contributed by atoms with E-state index in [1.807, 2.05) is 7.05 Å². The lowest BCUT2D eigenvalue weighted by molar-refractivity contribution is 1.03. The van der Waals surface area contributed by atoms with Gasteiger partial charge in [-0.3, -0.25) is 0 Å². The topological polar surface area (TPSA) is 37.8 Å². The highest BCUT2D eigenvalue weighted by Crippen LogP contribution is 2.33. The number of nitrogens with one attached hydrogen (secondary N) is 1. The molecule has 0 fully saturated rings. The summed E-state index contributed by atoms with van der Waals surface area (Å²) in [6.07, 6.45) is 1.77. The Balaban J connectivity index is 1.96. The first-order chi connectivity index (χ1) is 9.76. The van der Waals surface area contributed by atoms with Crippen molar-refractivity contribution in [2.75, 3.05) is 12.4 Å². The number of hydrogen-bond acceptors (Lipinski definition) is 4. The standard InChI is InChI=1S/C15H12BrN3S/c1-17-15-18-9-13(16)14(19-15)20-12-7-6-10-4-2-3-5-11(10)8-12/h2-9H,1H3,(H,17,18,19). The lowest BCUT2D eigenvalue weighted by Gasteiger charge is -2.06. The first-order valence-electron chi connectivity index (χ1n) is 6.13. The second kappa shape index (κ2) is 5.81. The Morgan fingerprint density at radius 3 is 2.70 bits per heavy atom. The summed E-state index contributed by atoms with van der Waals surface area (Å²) in [5.41, 5.74) is 0. The van der Waals surface area contributed by atoms with Crippen LogP contribution in [0.1, 0.15) is 0 Å². The summed E-state index contributed by atoms with van der Waals surface area (Å²) in [5, 5.41) is 6.33. The number of rotatable bonds is 3. The van der Waals surface area contributed by atoms with E-state index in [2.05, 4.69) is 73.7 Å². The van der Waals surface area contributed by atoms with Gasteiger partial charge in [0, 0.05) is 18.1 Å².